The Morgan fingerprint density at radius 2 is 2.21 bits per heavy atom. The normalized spacial score (nSPS) is 12.7. The van der Waals surface area contributed by atoms with Crippen molar-refractivity contribution in [3.05, 3.63) is 50.5 Å². The Bertz CT molecular complexity index is 414. The smallest absolute Gasteiger partial charge is 0.0662 e. The molecule has 72 valence electrons. The van der Waals surface area contributed by atoms with Crippen molar-refractivity contribution in [1.82, 2.24) is 4.37 Å². The van der Waals surface area contributed by atoms with E-state index in [9.17, 15) is 0 Å². The summed E-state index contributed by atoms with van der Waals surface area (Å²) in [5, 5.41) is 0. The molecule has 1 aromatic carbocycles. The summed E-state index contributed by atoms with van der Waals surface area (Å²) < 4.78 is 5.26. The zero-order chi connectivity index (χ0) is 9.97. The fraction of sp³-hybridized carbons (Fsp3) is 0.100. The van der Waals surface area contributed by atoms with Crippen LogP contribution >= 0.6 is 34.1 Å². The molecular weight excluding hydrogens is 307 g/mol. The van der Waals surface area contributed by atoms with Crippen molar-refractivity contribution in [2.24, 2.45) is 5.73 Å². The van der Waals surface area contributed by atoms with Gasteiger partial charge in [-0.2, -0.15) is 0 Å². The molecule has 1 heterocycles. The number of benzene rings is 1. The van der Waals surface area contributed by atoms with E-state index in [2.05, 4.69) is 39.1 Å². The second-order valence-corrected chi connectivity index (χ2v) is 5.06. The summed E-state index contributed by atoms with van der Waals surface area (Å²) in [6, 6.07) is 10.2. The van der Waals surface area contributed by atoms with E-state index >= 15 is 0 Å². The van der Waals surface area contributed by atoms with Crippen LogP contribution in [0.4, 0.5) is 0 Å². The molecule has 14 heavy (non-hydrogen) atoms. The lowest BCUT2D eigenvalue weighted by atomic mass is 10.1. The molecule has 0 aliphatic carbocycles. The first kappa shape index (κ1) is 10.1. The molecule has 2 N–H and O–H groups in total. The molecule has 0 aliphatic rings. The molecule has 2 nitrogen and oxygen atoms in total. The van der Waals surface area contributed by atoms with Gasteiger partial charge in [-0.15, -0.1) is 0 Å². The van der Waals surface area contributed by atoms with Gasteiger partial charge in [0.15, 0.2) is 0 Å². The van der Waals surface area contributed by atoms with Crippen molar-refractivity contribution in [2.45, 2.75) is 6.04 Å². The number of nitrogens with zero attached hydrogens (tertiary/aromatic N) is 1. The molecule has 0 saturated heterocycles. The van der Waals surface area contributed by atoms with Gasteiger partial charge in [-0.1, -0.05) is 12.1 Å². The topological polar surface area (TPSA) is 38.9 Å². The fourth-order valence-electron chi connectivity index (χ4n) is 1.25. The zero-order valence-electron chi connectivity index (χ0n) is 7.35. The highest BCUT2D eigenvalue weighted by atomic mass is 127. The van der Waals surface area contributed by atoms with Crippen molar-refractivity contribution in [1.29, 1.82) is 0 Å². The Balaban J connectivity index is 2.32. The summed E-state index contributed by atoms with van der Waals surface area (Å²) >= 11 is 3.74. The maximum Gasteiger partial charge on any atom is 0.0662 e. The molecule has 0 bridgehead atoms. The minimum Gasteiger partial charge on any atom is -0.320 e. The number of halogens is 1. The molecule has 4 heteroatoms. The molecule has 0 spiro atoms. The number of hydrogen-bond acceptors (Lipinski definition) is 3. The van der Waals surface area contributed by atoms with Gasteiger partial charge in [0.25, 0.3) is 0 Å². The zero-order valence-corrected chi connectivity index (χ0v) is 10.3. The molecule has 2 rings (SSSR count). The monoisotopic (exact) mass is 316 g/mol. The summed E-state index contributed by atoms with van der Waals surface area (Å²) in [5.74, 6) is 0. The third-order valence-electron chi connectivity index (χ3n) is 1.97. The van der Waals surface area contributed by atoms with Gasteiger partial charge in [0.2, 0.25) is 0 Å². The molecule has 0 aliphatic heterocycles. The number of aromatic nitrogens is 1. The highest BCUT2D eigenvalue weighted by Gasteiger charge is 2.09. The van der Waals surface area contributed by atoms with Gasteiger partial charge in [-0.25, -0.2) is 4.37 Å². The van der Waals surface area contributed by atoms with Crippen LogP contribution in [0, 0.1) is 3.57 Å². The average molecular weight is 316 g/mol. The van der Waals surface area contributed by atoms with E-state index in [1.54, 1.807) is 6.20 Å². The average Bonchev–Trinajstić information content (AvgIpc) is 2.69. The lowest BCUT2D eigenvalue weighted by Crippen LogP contribution is -2.10. The summed E-state index contributed by atoms with van der Waals surface area (Å²) in [5.41, 5.74) is 7.24. The maximum absolute atomic E-state index is 6.10. The van der Waals surface area contributed by atoms with Crippen molar-refractivity contribution >= 4 is 34.1 Å². The van der Waals surface area contributed by atoms with Crippen LogP contribution in [0.2, 0.25) is 0 Å². The van der Waals surface area contributed by atoms with Gasteiger partial charge in [0.1, 0.15) is 0 Å². The lowest BCUT2D eigenvalue weighted by Gasteiger charge is -2.09. The van der Waals surface area contributed by atoms with Crippen molar-refractivity contribution in [3.63, 3.8) is 0 Å². The first-order chi connectivity index (χ1) is 6.77. The predicted octanol–water partition coefficient (Wildman–Crippen LogP) is 2.80. The molecule has 1 aromatic heterocycles. The van der Waals surface area contributed by atoms with Gasteiger partial charge in [-0.05, 0) is 57.9 Å². The largest absolute Gasteiger partial charge is 0.320 e. The van der Waals surface area contributed by atoms with Crippen LogP contribution in [0.5, 0.6) is 0 Å². The van der Waals surface area contributed by atoms with Gasteiger partial charge in [-0.3, -0.25) is 0 Å². The van der Waals surface area contributed by atoms with E-state index < -0.39 is 0 Å². The van der Waals surface area contributed by atoms with Crippen LogP contribution in [0.3, 0.4) is 0 Å². The Labute approximate surface area is 100 Å². The lowest BCUT2D eigenvalue weighted by molar-refractivity contribution is 0.892. The fourth-order valence-corrected chi connectivity index (χ4v) is 2.43. The second-order valence-electron chi connectivity index (χ2n) is 2.95. The Hall–Kier alpha value is -0.460. The number of hydrogen-bond donors (Lipinski definition) is 1. The quantitative estimate of drug-likeness (QED) is 0.865. The number of rotatable bonds is 2. The van der Waals surface area contributed by atoms with Gasteiger partial charge < -0.3 is 5.73 Å². The Kier molecular flexibility index (Phi) is 3.15. The number of nitrogens with two attached hydrogens (primary N) is 1. The first-order valence-electron chi connectivity index (χ1n) is 4.19. The van der Waals surface area contributed by atoms with Crippen LogP contribution in [-0.2, 0) is 0 Å². The van der Waals surface area contributed by atoms with Crippen molar-refractivity contribution < 1.29 is 0 Å². The van der Waals surface area contributed by atoms with E-state index in [4.69, 9.17) is 5.73 Å². The van der Waals surface area contributed by atoms with E-state index in [0.717, 1.165) is 10.4 Å². The van der Waals surface area contributed by atoms with E-state index in [-0.39, 0.29) is 6.04 Å². The third-order valence-corrected chi connectivity index (χ3v) is 3.47. The molecule has 0 fully saturated rings. The van der Waals surface area contributed by atoms with E-state index in [0.29, 0.717) is 0 Å². The summed E-state index contributed by atoms with van der Waals surface area (Å²) in [4.78, 5) is 1.10. The minimum atomic E-state index is -0.0442. The molecule has 1 atom stereocenters. The van der Waals surface area contributed by atoms with Gasteiger partial charge >= 0.3 is 0 Å². The van der Waals surface area contributed by atoms with Crippen LogP contribution < -0.4 is 5.73 Å². The first-order valence-corrected chi connectivity index (χ1v) is 6.04. The minimum absolute atomic E-state index is 0.0442. The Morgan fingerprint density at radius 1 is 1.36 bits per heavy atom. The Morgan fingerprint density at radius 3 is 2.86 bits per heavy atom. The van der Waals surface area contributed by atoms with Crippen LogP contribution in [0.25, 0.3) is 0 Å². The van der Waals surface area contributed by atoms with E-state index in [1.807, 2.05) is 18.2 Å². The highest BCUT2D eigenvalue weighted by Crippen LogP contribution is 2.23. The maximum atomic E-state index is 6.10. The summed E-state index contributed by atoms with van der Waals surface area (Å²) in [6.45, 7) is 0. The highest BCUT2D eigenvalue weighted by molar-refractivity contribution is 14.1. The SMILES string of the molecule is NC(c1cccc(I)c1)c1ccns1. The standard InChI is InChI=1S/C10H9IN2S/c11-8-3-1-2-7(6-8)10(12)9-4-5-13-14-9/h1-6,10H,12H2. The van der Waals surface area contributed by atoms with Crippen LogP contribution in [0.15, 0.2) is 36.5 Å². The molecule has 2 aromatic rings. The molecule has 0 radical (unpaired) electrons. The predicted molar refractivity (Wildman–Crippen MR) is 67.3 cm³/mol. The van der Waals surface area contributed by atoms with Gasteiger partial charge in [0.05, 0.1) is 6.04 Å². The summed E-state index contributed by atoms with van der Waals surface area (Å²) in [6.07, 6.45) is 1.79. The molecule has 0 amide bonds. The van der Waals surface area contributed by atoms with Crippen molar-refractivity contribution in [2.75, 3.05) is 0 Å². The van der Waals surface area contributed by atoms with E-state index in [1.165, 1.54) is 15.1 Å². The third kappa shape index (κ3) is 2.13. The van der Waals surface area contributed by atoms with Gasteiger partial charge in [0, 0.05) is 14.6 Å². The molecular formula is C10H9IN2S. The van der Waals surface area contributed by atoms with Crippen molar-refractivity contribution in [3.8, 4) is 0 Å². The van der Waals surface area contributed by atoms with Crippen LogP contribution in [-0.4, -0.2) is 4.37 Å². The van der Waals surface area contributed by atoms with Crippen LogP contribution in [0.1, 0.15) is 16.5 Å². The molecule has 0 saturated carbocycles. The second kappa shape index (κ2) is 4.37. The summed E-state index contributed by atoms with van der Waals surface area (Å²) in [7, 11) is 0. The molecule has 1 unspecified atom stereocenters.